The molecule has 0 bridgehead atoms. The highest BCUT2D eigenvalue weighted by Crippen LogP contribution is 2.47. The zero-order valence-corrected chi connectivity index (χ0v) is 31.0. The van der Waals surface area contributed by atoms with E-state index in [2.05, 4.69) is 33.4 Å². The molecule has 0 aliphatic carbocycles. The molecule has 3 aliphatic heterocycles. The van der Waals surface area contributed by atoms with E-state index in [-0.39, 0.29) is 29.7 Å². The number of likely N-dealkylation sites (tertiary alicyclic amines) is 2. The zero-order valence-electron chi connectivity index (χ0n) is 31.0. The van der Waals surface area contributed by atoms with Crippen LogP contribution in [0.4, 0.5) is 9.59 Å². The van der Waals surface area contributed by atoms with E-state index in [9.17, 15) is 9.59 Å². The van der Waals surface area contributed by atoms with Gasteiger partial charge in [-0.25, -0.2) is 19.6 Å². The van der Waals surface area contributed by atoms with Gasteiger partial charge in [-0.05, 0) is 103 Å². The molecule has 11 heteroatoms. The van der Waals surface area contributed by atoms with Gasteiger partial charge in [0.05, 0.1) is 41.6 Å². The largest absolute Gasteiger partial charge is 0.444 e. The third-order valence-corrected chi connectivity index (χ3v) is 9.69. The van der Waals surface area contributed by atoms with Gasteiger partial charge in [-0.3, -0.25) is 9.80 Å². The standard InChI is InChI=1S/C41H48N6O5/c1-26-19-33(46(23-26)37(48)51-39(2,3)4)35-42-22-32(45-35)29-14-11-27(12-15-29)9-10-28-13-16-30-31(20-28)44-36(43-30)34-21-41(17-8-18-50-25-41)24-47(34)38(49)52-40(5,6)7/h11-16,20,22,33-34H,1,8,17-19,21,23-25H2,2-7H3,(H,42,45)(H,43,44)/t33-,34-,41-/m0/s1. The number of nitrogens with one attached hydrogen (secondary N) is 2. The summed E-state index contributed by atoms with van der Waals surface area (Å²) in [7, 11) is 0. The number of carbonyl (C=O) groups excluding carboxylic acids is 2. The molecule has 0 unspecified atom stereocenters. The SMILES string of the molecule is C=C1C[C@@H](c2ncc(-c3ccc(C#Cc4ccc5nc([C@@H]6C[C@@]7(CCCOC7)CN6C(=O)OC(C)(C)C)[nH]c5c4)cc3)[nH]2)N(C(=O)OC(C)(C)C)C1. The fraction of sp³-hybridized carbons (Fsp3) is 0.463. The van der Waals surface area contributed by atoms with Crippen LogP contribution in [0.3, 0.4) is 0 Å². The van der Waals surface area contributed by atoms with E-state index in [1.165, 1.54) is 0 Å². The second-order valence-electron chi connectivity index (χ2n) is 16.4. The number of nitrogens with zero attached hydrogens (tertiary/aromatic N) is 4. The Bertz CT molecular complexity index is 2050. The molecule has 2 amide bonds. The Labute approximate surface area is 305 Å². The Kier molecular flexibility index (Phi) is 9.16. The minimum Gasteiger partial charge on any atom is -0.444 e. The van der Waals surface area contributed by atoms with Crippen molar-refractivity contribution in [1.82, 2.24) is 29.7 Å². The van der Waals surface area contributed by atoms with E-state index in [0.717, 1.165) is 70.7 Å². The number of hydrogen-bond donors (Lipinski definition) is 2. The summed E-state index contributed by atoms with van der Waals surface area (Å²) in [4.78, 5) is 46.3. The number of fused-ring (bicyclic) bond motifs is 1. The topological polar surface area (TPSA) is 126 Å². The first kappa shape index (κ1) is 35.3. The fourth-order valence-electron chi connectivity index (χ4n) is 7.36. The molecule has 2 aromatic carbocycles. The molecule has 7 rings (SSSR count). The predicted octanol–water partition coefficient (Wildman–Crippen LogP) is 8.07. The van der Waals surface area contributed by atoms with Gasteiger partial charge in [-0.15, -0.1) is 0 Å². The summed E-state index contributed by atoms with van der Waals surface area (Å²) < 4.78 is 17.3. The van der Waals surface area contributed by atoms with Gasteiger partial charge in [0.15, 0.2) is 0 Å². The lowest BCUT2D eigenvalue weighted by molar-refractivity contribution is -0.00755. The van der Waals surface area contributed by atoms with Crippen molar-refractivity contribution in [3.05, 3.63) is 83.6 Å². The van der Waals surface area contributed by atoms with Crippen molar-refractivity contribution in [1.29, 1.82) is 0 Å². The predicted molar refractivity (Wildman–Crippen MR) is 198 cm³/mol. The first-order valence-electron chi connectivity index (χ1n) is 18.0. The summed E-state index contributed by atoms with van der Waals surface area (Å²) in [5.41, 5.74) is 4.92. The number of benzene rings is 2. The quantitative estimate of drug-likeness (QED) is 0.163. The maximum absolute atomic E-state index is 13.4. The van der Waals surface area contributed by atoms with Crippen LogP contribution in [0.2, 0.25) is 0 Å². The molecular formula is C41H48N6O5. The molecule has 4 aromatic rings. The maximum atomic E-state index is 13.4. The molecule has 52 heavy (non-hydrogen) atoms. The minimum absolute atomic E-state index is 0.0980. The normalized spacial score (nSPS) is 22.2. The first-order valence-corrected chi connectivity index (χ1v) is 18.0. The van der Waals surface area contributed by atoms with E-state index in [4.69, 9.17) is 19.2 Å². The van der Waals surface area contributed by atoms with Gasteiger partial charge >= 0.3 is 12.2 Å². The molecule has 3 fully saturated rings. The molecule has 11 nitrogen and oxygen atoms in total. The third-order valence-electron chi connectivity index (χ3n) is 9.69. The lowest BCUT2D eigenvalue weighted by atomic mass is 9.80. The molecule has 3 aliphatic rings. The van der Waals surface area contributed by atoms with E-state index in [1.807, 2.05) is 88.9 Å². The summed E-state index contributed by atoms with van der Waals surface area (Å²) in [6.45, 7) is 17.8. The zero-order chi connectivity index (χ0) is 36.8. The van der Waals surface area contributed by atoms with Crippen molar-refractivity contribution < 1.29 is 23.8 Å². The first-order chi connectivity index (χ1) is 24.6. The maximum Gasteiger partial charge on any atom is 0.411 e. The Morgan fingerprint density at radius 2 is 1.62 bits per heavy atom. The van der Waals surface area contributed by atoms with Crippen LogP contribution in [0.1, 0.15) is 102 Å². The Morgan fingerprint density at radius 1 is 0.923 bits per heavy atom. The van der Waals surface area contributed by atoms with E-state index in [0.29, 0.717) is 31.9 Å². The Balaban J connectivity index is 1.05. The van der Waals surface area contributed by atoms with Crippen molar-refractivity contribution in [3.8, 4) is 23.1 Å². The smallest absolute Gasteiger partial charge is 0.411 e. The average Bonchev–Trinajstić information content (AvgIpc) is 3.87. The highest BCUT2D eigenvalue weighted by Gasteiger charge is 2.49. The number of imidazole rings is 2. The summed E-state index contributed by atoms with van der Waals surface area (Å²) in [5, 5.41) is 0. The van der Waals surface area contributed by atoms with Gasteiger partial charge in [-0.2, -0.15) is 0 Å². The average molecular weight is 705 g/mol. The monoisotopic (exact) mass is 704 g/mol. The number of H-pyrrole nitrogens is 2. The van der Waals surface area contributed by atoms with Crippen molar-refractivity contribution in [2.24, 2.45) is 5.41 Å². The summed E-state index contributed by atoms with van der Waals surface area (Å²) >= 11 is 0. The molecule has 1 spiro atoms. The number of carbonyl (C=O) groups is 2. The molecule has 3 atom stereocenters. The molecule has 0 radical (unpaired) electrons. The summed E-state index contributed by atoms with van der Waals surface area (Å²) in [6.07, 6.45) is 4.50. The highest BCUT2D eigenvalue weighted by molar-refractivity contribution is 5.78. The van der Waals surface area contributed by atoms with Crippen LogP contribution in [-0.4, -0.2) is 79.4 Å². The van der Waals surface area contributed by atoms with Gasteiger partial charge in [0, 0.05) is 36.2 Å². The fourth-order valence-corrected chi connectivity index (χ4v) is 7.36. The van der Waals surface area contributed by atoms with Gasteiger partial charge in [0.1, 0.15) is 22.9 Å². The van der Waals surface area contributed by atoms with E-state index in [1.54, 1.807) is 11.1 Å². The summed E-state index contributed by atoms with van der Waals surface area (Å²) in [5.74, 6) is 8.02. The Morgan fingerprint density at radius 3 is 2.31 bits per heavy atom. The van der Waals surface area contributed by atoms with Crippen molar-refractivity contribution in [2.45, 2.75) is 90.5 Å². The number of aromatic amines is 2. The molecule has 0 saturated carbocycles. The number of aromatic nitrogens is 4. The van der Waals surface area contributed by atoms with Crippen LogP contribution in [0.5, 0.6) is 0 Å². The molecule has 3 saturated heterocycles. The second-order valence-corrected chi connectivity index (χ2v) is 16.4. The van der Waals surface area contributed by atoms with Crippen LogP contribution in [0.15, 0.2) is 60.8 Å². The molecular weight excluding hydrogens is 656 g/mol. The van der Waals surface area contributed by atoms with Gasteiger partial charge in [-0.1, -0.05) is 36.1 Å². The second kappa shape index (κ2) is 13.5. The molecule has 272 valence electrons. The van der Waals surface area contributed by atoms with Crippen LogP contribution < -0.4 is 0 Å². The van der Waals surface area contributed by atoms with E-state index < -0.39 is 11.2 Å². The number of amides is 2. The van der Waals surface area contributed by atoms with E-state index >= 15 is 0 Å². The van der Waals surface area contributed by atoms with Crippen LogP contribution in [-0.2, 0) is 14.2 Å². The number of rotatable bonds is 3. The molecule has 2 N–H and O–H groups in total. The third kappa shape index (κ3) is 7.72. The molecule has 2 aromatic heterocycles. The minimum atomic E-state index is -0.594. The Hall–Kier alpha value is -5.08. The van der Waals surface area contributed by atoms with Crippen molar-refractivity contribution >= 4 is 23.2 Å². The van der Waals surface area contributed by atoms with Crippen molar-refractivity contribution in [2.75, 3.05) is 26.3 Å². The van der Waals surface area contributed by atoms with Crippen LogP contribution >= 0.6 is 0 Å². The van der Waals surface area contributed by atoms with Crippen LogP contribution in [0, 0.1) is 17.3 Å². The van der Waals surface area contributed by atoms with Gasteiger partial charge < -0.3 is 24.2 Å². The lowest BCUT2D eigenvalue weighted by Gasteiger charge is -2.33. The number of ether oxygens (including phenoxy) is 3. The highest BCUT2D eigenvalue weighted by atomic mass is 16.6. The van der Waals surface area contributed by atoms with Gasteiger partial charge in [0.25, 0.3) is 0 Å². The number of hydrogen-bond acceptors (Lipinski definition) is 7. The lowest BCUT2D eigenvalue weighted by Crippen LogP contribution is -2.40. The summed E-state index contributed by atoms with van der Waals surface area (Å²) in [6, 6.07) is 13.4. The van der Waals surface area contributed by atoms with Gasteiger partial charge in [0.2, 0.25) is 0 Å². The molecule has 5 heterocycles. The van der Waals surface area contributed by atoms with Crippen molar-refractivity contribution in [3.63, 3.8) is 0 Å². The van der Waals surface area contributed by atoms with Crippen LogP contribution in [0.25, 0.3) is 22.3 Å².